The molecule has 4 aromatic carbocycles. The van der Waals surface area contributed by atoms with Crippen LogP contribution in [-0.2, 0) is 37.6 Å². The lowest BCUT2D eigenvalue weighted by Crippen LogP contribution is -2.38. The fourth-order valence-electron chi connectivity index (χ4n) is 6.75. The number of benzene rings is 4. The number of aromatic amines is 1. The van der Waals surface area contributed by atoms with Crippen LogP contribution in [0.1, 0.15) is 40.5 Å². The lowest BCUT2D eigenvalue weighted by Gasteiger charge is -2.37. The van der Waals surface area contributed by atoms with E-state index in [1.165, 1.54) is 23.5 Å². The zero-order chi connectivity index (χ0) is 40.5. The van der Waals surface area contributed by atoms with Crippen molar-refractivity contribution < 1.29 is 41.3 Å². The molecule has 57 heavy (non-hydrogen) atoms. The summed E-state index contributed by atoms with van der Waals surface area (Å²) < 4.78 is 79.1. The van der Waals surface area contributed by atoms with Gasteiger partial charge in [-0.05, 0) is 83.1 Å². The third-order valence-corrected chi connectivity index (χ3v) is 11.1. The van der Waals surface area contributed by atoms with Crippen LogP contribution in [0.15, 0.2) is 113 Å². The number of hydrogen-bond acceptors (Lipinski definition) is 11. The van der Waals surface area contributed by atoms with Crippen molar-refractivity contribution in [2.24, 2.45) is 0 Å². The predicted molar refractivity (Wildman–Crippen MR) is 207 cm³/mol. The Morgan fingerprint density at radius 1 is 0.895 bits per heavy atom. The lowest BCUT2D eigenvalue weighted by atomic mass is 9.80. The van der Waals surface area contributed by atoms with Crippen LogP contribution >= 0.6 is 6.49 Å². The second-order valence-corrected chi connectivity index (χ2v) is 17.2. The number of alkyl halides is 3. The zero-order valence-electron chi connectivity index (χ0n) is 31.0. The van der Waals surface area contributed by atoms with Crippen molar-refractivity contribution in [2.75, 3.05) is 27.5 Å². The highest BCUT2D eigenvalue weighted by Gasteiger charge is 2.45. The molecule has 4 atom stereocenters. The van der Waals surface area contributed by atoms with E-state index in [1.807, 2.05) is 78.9 Å². The summed E-state index contributed by atoms with van der Waals surface area (Å²) in [5.74, 6) is 1.27. The molecule has 1 unspecified atom stereocenters. The Morgan fingerprint density at radius 3 is 2.09 bits per heavy atom. The lowest BCUT2D eigenvalue weighted by molar-refractivity contribution is -0.137. The van der Waals surface area contributed by atoms with Gasteiger partial charge in [-0.25, -0.2) is 4.79 Å². The molecule has 0 saturated carbocycles. The van der Waals surface area contributed by atoms with Crippen LogP contribution in [0, 0.1) is 6.92 Å². The Bertz CT molecular complexity index is 2480. The van der Waals surface area contributed by atoms with Crippen LogP contribution in [0.3, 0.4) is 0 Å². The molecule has 0 bridgehead atoms. The second-order valence-electron chi connectivity index (χ2n) is 13.3. The van der Waals surface area contributed by atoms with Crippen molar-refractivity contribution in [3.05, 3.63) is 152 Å². The van der Waals surface area contributed by atoms with E-state index < -0.39 is 53.5 Å². The van der Waals surface area contributed by atoms with Gasteiger partial charge >= 0.3 is 11.9 Å². The Balaban J connectivity index is 1.27. The summed E-state index contributed by atoms with van der Waals surface area (Å²) in [6.45, 7) is -0.513. The molecule has 6 aromatic rings. The van der Waals surface area contributed by atoms with Crippen LogP contribution in [0.4, 0.5) is 13.2 Å². The third kappa shape index (κ3) is 8.25. The van der Waals surface area contributed by atoms with E-state index in [0.717, 1.165) is 33.7 Å². The predicted octanol–water partition coefficient (Wildman–Crippen LogP) is 6.38. The highest BCUT2D eigenvalue weighted by atomic mass is 32.5. The highest BCUT2D eigenvalue weighted by molar-refractivity contribution is 8.09. The minimum absolute atomic E-state index is 0.0503. The van der Waals surface area contributed by atoms with Gasteiger partial charge in [-0.15, -0.1) is 5.10 Å². The molecule has 1 fully saturated rings. The summed E-state index contributed by atoms with van der Waals surface area (Å²) in [4.78, 5) is 28.5. The van der Waals surface area contributed by atoms with Crippen molar-refractivity contribution in [3.63, 3.8) is 0 Å². The Kier molecular flexibility index (Phi) is 11.1. The van der Waals surface area contributed by atoms with Crippen LogP contribution in [0.5, 0.6) is 11.5 Å². The van der Waals surface area contributed by atoms with Gasteiger partial charge in [0.25, 0.3) is 12.1 Å². The number of aryl methyl sites for hydroxylation is 1. The zero-order valence-corrected chi connectivity index (χ0v) is 32.7. The molecule has 0 spiro atoms. The second kappa shape index (κ2) is 15.9. The maximum atomic E-state index is 13.6. The molecule has 298 valence electrons. The number of ether oxygens (including phenoxy) is 4. The molecular formula is C39H37F3N5O8PS. The van der Waals surface area contributed by atoms with Crippen LogP contribution in [0.25, 0.3) is 11.0 Å². The van der Waals surface area contributed by atoms with Gasteiger partial charge in [0.1, 0.15) is 40.5 Å². The summed E-state index contributed by atoms with van der Waals surface area (Å²) in [7, 11) is 3.15. The summed E-state index contributed by atoms with van der Waals surface area (Å²) in [5.41, 5.74) is -0.781. The number of nitrogens with one attached hydrogen (secondary N) is 1. The van der Waals surface area contributed by atoms with Crippen molar-refractivity contribution >= 4 is 29.3 Å². The molecule has 1 aliphatic rings. The summed E-state index contributed by atoms with van der Waals surface area (Å²) >= 11 is 5.82. The summed E-state index contributed by atoms with van der Waals surface area (Å²) in [6.07, 6.45) is -5.94. The Hall–Kier alpha value is -5.32. The number of methoxy groups -OCH3 is 2. The number of halogens is 3. The first-order chi connectivity index (χ1) is 27.2. The van der Waals surface area contributed by atoms with Crippen molar-refractivity contribution in [1.29, 1.82) is 0 Å². The van der Waals surface area contributed by atoms with Crippen molar-refractivity contribution in [3.8, 4) is 11.5 Å². The number of hydrogen-bond donors (Lipinski definition) is 1. The molecule has 7 rings (SSSR count). The van der Waals surface area contributed by atoms with Crippen LogP contribution in [0.2, 0.25) is 0 Å². The SMILES string of the molecule is COc1ccc(C(OC[C@H]2O[C@@H](n3cc(C)c(=O)[nH]c3=O)C[C@@H]2OP(C)(=S)On2nnc3ccc(C(F)(F)F)cc32)(c2ccccc2)c2ccc(OC)cc2)cc1. The molecule has 1 aliphatic heterocycles. The number of aromatic nitrogens is 5. The van der Waals surface area contributed by atoms with Gasteiger partial charge in [0.05, 0.1) is 32.5 Å². The molecule has 0 aliphatic carbocycles. The van der Waals surface area contributed by atoms with Gasteiger partial charge in [-0.2, -0.15) is 13.2 Å². The summed E-state index contributed by atoms with van der Waals surface area (Å²) in [5, 5.41) is 7.81. The summed E-state index contributed by atoms with van der Waals surface area (Å²) in [6, 6.07) is 27.4. The number of rotatable bonds is 13. The van der Waals surface area contributed by atoms with E-state index in [1.54, 1.807) is 21.1 Å². The van der Waals surface area contributed by atoms with E-state index >= 15 is 0 Å². The van der Waals surface area contributed by atoms with Crippen molar-refractivity contribution in [2.45, 2.75) is 43.6 Å². The molecule has 13 nitrogen and oxygen atoms in total. The standard InChI is InChI=1S/C39H37F3N5O8PS/c1-24-22-46(37(49)43-36(24)48)35-21-33(54-56(4,57)55-47-32-20-28(39(40,41)42)14-19-31(32)44-45-47)34(53-35)23-52-38(25-8-6-5-7-9-25,26-10-15-29(50-2)16-11-26)27-12-17-30(51-3)18-13-27/h5-20,22,33-35H,21,23H2,1-4H3,(H,43,48,49)/t33-,34+,35+,56?/m0/s1. The van der Waals surface area contributed by atoms with Gasteiger partial charge in [0.15, 0.2) is 0 Å². The van der Waals surface area contributed by atoms with E-state index in [2.05, 4.69) is 15.3 Å². The molecule has 3 heterocycles. The van der Waals surface area contributed by atoms with E-state index in [0.29, 0.717) is 11.5 Å². The topological polar surface area (TPSA) is 141 Å². The first-order valence-corrected chi connectivity index (χ1v) is 20.6. The third-order valence-electron chi connectivity index (χ3n) is 9.57. The van der Waals surface area contributed by atoms with E-state index in [-0.39, 0.29) is 29.6 Å². The molecule has 1 saturated heterocycles. The minimum Gasteiger partial charge on any atom is -0.497 e. The number of fused-ring (bicyclic) bond motifs is 1. The normalized spacial score (nSPS) is 18.3. The van der Waals surface area contributed by atoms with Crippen LogP contribution < -0.4 is 25.3 Å². The van der Waals surface area contributed by atoms with E-state index in [9.17, 15) is 22.8 Å². The van der Waals surface area contributed by atoms with Gasteiger partial charge in [-0.3, -0.25) is 14.3 Å². The Labute approximate surface area is 329 Å². The quantitative estimate of drug-likeness (QED) is 0.103. The van der Waals surface area contributed by atoms with Gasteiger partial charge < -0.3 is 28.1 Å². The number of H-pyrrole nitrogens is 1. The minimum atomic E-state index is -4.62. The van der Waals surface area contributed by atoms with Gasteiger partial charge in [-0.1, -0.05) is 59.4 Å². The monoisotopic (exact) mass is 823 g/mol. The average molecular weight is 824 g/mol. The first-order valence-electron chi connectivity index (χ1n) is 17.6. The maximum Gasteiger partial charge on any atom is 0.416 e. The molecule has 2 aromatic heterocycles. The van der Waals surface area contributed by atoms with E-state index in [4.69, 9.17) is 39.9 Å². The largest absolute Gasteiger partial charge is 0.497 e. The highest BCUT2D eigenvalue weighted by Crippen LogP contribution is 2.48. The molecular weight excluding hydrogens is 786 g/mol. The molecule has 1 N–H and O–H groups in total. The first kappa shape index (κ1) is 39.9. The fraction of sp³-hybridized carbons (Fsp3) is 0.282. The Morgan fingerprint density at radius 2 is 1.49 bits per heavy atom. The van der Waals surface area contributed by atoms with Gasteiger partial charge in [0.2, 0.25) is 0 Å². The van der Waals surface area contributed by atoms with Crippen LogP contribution in [-0.4, -0.2) is 64.4 Å². The van der Waals surface area contributed by atoms with Gasteiger partial charge in [0, 0.05) is 24.8 Å². The smallest absolute Gasteiger partial charge is 0.416 e. The van der Waals surface area contributed by atoms with Crippen molar-refractivity contribution in [1.82, 2.24) is 24.7 Å². The average Bonchev–Trinajstić information content (AvgIpc) is 3.79. The number of nitrogens with zero attached hydrogens (tertiary/aromatic N) is 4. The maximum absolute atomic E-state index is 13.6. The molecule has 0 radical (unpaired) electrons. The molecule has 18 heteroatoms. The molecule has 0 amide bonds. The fourth-order valence-corrected chi connectivity index (χ4v) is 8.43.